The number of nitro groups is 1. The molecule has 4 rings (SSSR count). The van der Waals surface area contributed by atoms with Crippen LogP contribution in [0.3, 0.4) is 0 Å². The van der Waals surface area contributed by atoms with Crippen LogP contribution >= 0.6 is 0 Å². The lowest BCUT2D eigenvalue weighted by atomic mass is 10.1. The summed E-state index contributed by atoms with van der Waals surface area (Å²) in [5.74, 6) is -1.38. The topological polar surface area (TPSA) is 88.2 Å². The van der Waals surface area contributed by atoms with Crippen molar-refractivity contribution in [3.63, 3.8) is 0 Å². The molecule has 2 aliphatic heterocycles. The summed E-state index contributed by atoms with van der Waals surface area (Å²) in [6, 6.07) is 10.4. The average Bonchev–Trinajstić information content (AvgIpc) is 2.94. The summed E-state index contributed by atoms with van der Waals surface area (Å²) in [7, 11) is 0. The van der Waals surface area contributed by atoms with Gasteiger partial charge in [-0.1, -0.05) is 6.07 Å². The Morgan fingerprint density at radius 2 is 1.71 bits per heavy atom. The SMILES string of the molecule is O=C1c2cccc([N+](=O)[O-])c2C(=O)N1C[NH+]1CCN(c2ccc(F)cc2)CC1. The zero-order valence-electron chi connectivity index (χ0n) is 14.9. The number of nitro benzene ring substituents is 1. The van der Waals surface area contributed by atoms with Gasteiger partial charge >= 0.3 is 0 Å². The van der Waals surface area contributed by atoms with Crippen molar-refractivity contribution >= 4 is 23.2 Å². The molecule has 2 heterocycles. The first-order chi connectivity index (χ1) is 13.5. The van der Waals surface area contributed by atoms with Crippen LogP contribution in [0.15, 0.2) is 42.5 Å². The second-order valence-corrected chi connectivity index (χ2v) is 6.87. The number of carbonyl (C=O) groups is 2. The molecule has 144 valence electrons. The molecule has 9 heteroatoms. The third-order valence-electron chi connectivity index (χ3n) is 5.22. The molecular weight excluding hydrogens is 367 g/mol. The lowest BCUT2D eigenvalue weighted by molar-refractivity contribution is -0.907. The molecule has 0 atom stereocenters. The first kappa shape index (κ1) is 18.1. The molecule has 2 amide bonds. The Labute approximate surface area is 159 Å². The Morgan fingerprint density at radius 3 is 2.36 bits per heavy atom. The quantitative estimate of drug-likeness (QED) is 0.475. The molecule has 0 saturated carbocycles. The summed E-state index contributed by atoms with van der Waals surface area (Å²) in [6.45, 7) is 2.94. The number of anilines is 1. The van der Waals surface area contributed by atoms with E-state index >= 15 is 0 Å². The standard InChI is InChI=1S/C19H17FN4O4/c20-13-4-6-14(7-5-13)22-10-8-21(9-11-22)12-23-18(25)15-2-1-3-16(24(27)28)17(15)19(23)26/h1-7H,8-12H2/p+1. The lowest BCUT2D eigenvalue weighted by Gasteiger charge is -2.34. The van der Waals surface area contributed by atoms with Crippen molar-refractivity contribution in [2.24, 2.45) is 0 Å². The maximum Gasteiger partial charge on any atom is 0.282 e. The van der Waals surface area contributed by atoms with Gasteiger partial charge in [0.25, 0.3) is 17.5 Å². The maximum atomic E-state index is 13.1. The molecule has 0 radical (unpaired) electrons. The molecule has 1 fully saturated rings. The summed E-state index contributed by atoms with van der Waals surface area (Å²) < 4.78 is 13.1. The van der Waals surface area contributed by atoms with Crippen LogP contribution in [0.25, 0.3) is 0 Å². The number of hydrogen-bond acceptors (Lipinski definition) is 5. The number of carbonyl (C=O) groups excluding carboxylic acids is 2. The van der Waals surface area contributed by atoms with E-state index in [1.807, 2.05) is 0 Å². The molecule has 28 heavy (non-hydrogen) atoms. The highest BCUT2D eigenvalue weighted by Crippen LogP contribution is 2.30. The van der Waals surface area contributed by atoms with E-state index in [1.165, 1.54) is 30.3 Å². The number of quaternary nitrogens is 1. The number of rotatable bonds is 4. The average molecular weight is 385 g/mol. The number of nitrogens with zero attached hydrogens (tertiary/aromatic N) is 3. The third kappa shape index (κ3) is 3.09. The summed E-state index contributed by atoms with van der Waals surface area (Å²) >= 11 is 0. The van der Waals surface area contributed by atoms with Gasteiger partial charge in [0.05, 0.1) is 36.7 Å². The van der Waals surface area contributed by atoms with Gasteiger partial charge in [0.15, 0.2) is 6.67 Å². The second kappa shape index (κ2) is 7.01. The molecule has 0 unspecified atom stereocenters. The zero-order chi connectivity index (χ0) is 19.8. The molecule has 0 bridgehead atoms. The van der Waals surface area contributed by atoms with E-state index < -0.39 is 16.7 Å². The van der Waals surface area contributed by atoms with Crippen LogP contribution in [0.4, 0.5) is 15.8 Å². The Balaban J connectivity index is 1.44. The number of amides is 2. The Hall–Kier alpha value is -3.33. The predicted molar refractivity (Wildman–Crippen MR) is 97.8 cm³/mol. The molecule has 8 nitrogen and oxygen atoms in total. The third-order valence-corrected chi connectivity index (χ3v) is 5.22. The fraction of sp³-hybridized carbons (Fsp3) is 0.263. The molecule has 2 aliphatic rings. The molecule has 2 aromatic carbocycles. The summed E-state index contributed by atoms with van der Waals surface area (Å²) in [5.41, 5.74) is 0.552. The van der Waals surface area contributed by atoms with Crippen LogP contribution in [0.2, 0.25) is 0 Å². The van der Waals surface area contributed by atoms with Gasteiger partial charge in [-0.2, -0.15) is 0 Å². The molecule has 1 N–H and O–H groups in total. The van der Waals surface area contributed by atoms with Crippen molar-refractivity contribution in [2.45, 2.75) is 0 Å². The largest absolute Gasteiger partial charge is 0.360 e. The molecule has 1 saturated heterocycles. The summed E-state index contributed by atoms with van der Waals surface area (Å²) in [6.07, 6.45) is 0. The van der Waals surface area contributed by atoms with Crippen molar-refractivity contribution in [3.8, 4) is 0 Å². The van der Waals surface area contributed by atoms with E-state index in [0.29, 0.717) is 26.2 Å². The van der Waals surface area contributed by atoms with Crippen molar-refractivity contribution in [3.05, 3.63) is 69.5 Å². The van der Waals surface area contributed by atoms with Gasteiger partial charge < -0.3 is 9.80 Å². The van der Waals surface area contributed by atoms with Crippen LogP contribution in [0.5, 0.6) is 0 Å². The molecule has 0 spiro atoms. The van der Waals surface area contributed by atoms with E-state index in [4.69, 9.17) is 0 Å². The highest BCUT2D eigenvalue weighted by molar-refractivity contribution is 6.23. The van der Waals surface area contributed by atoms with E-state index in [-0.39, 0.29) is 29.3 Å². The number of hydrogen-bond donors (Lipinski definition) is 1. The zero-order valence-corrected chi connectivity index (χ0v) is 14.9. The minimum Gasteiger partial charge on any atom is -0.360 e. The normalized spacial score (nSPS) is 17.2. The molecule has 2 aromatic rings. The van der Waals surface area contributed by atoms with Crippen LogP contribution < -0.4 is 9.80 Å². The number of imide groups is 1. The van der Waals surface area contributed by atoms with Crippen LogP contribution in [0.1, 0.15) is 20.7 Å². The second-order valence-electron chi connectivity index (χ2n) is 6.87. The lowest BCUT2D eigenvalue weighted by Crippen LogP contribution is -3.16. The van der Waals surface area contributed by atoms with Crippen molar-refractivity contribution < 1.29 is 23.8 Å². The smallest absolute Gasteiger partial charge is 0.282 e. The van der Waals surface area contributed by atoms with Gasteiger partial charge in [-0.05, 0) is 30.3 Å². The van der Waals surface area contributed by atoms with Gasteiger partial charge in [-0.25, -0.2) is 9.29 Å². The van der Waals surface area contributed by atoms with Crippen LogP contribution in [-0.2, 0) is 0 Å². The Morgan fingerprint density at radius 1 is 1.04 bits per heavy atom. The van der Waals surface area contributed by atoms with E-state index in [9.17, 15) is 24.1 Å². The molecule has 0 aliphatic carbocycles. The van der Waals surface area contributed by atoms with E-state index in [2.05, 4.69) is 4.90 Å². The fourth-order valence-electron chi connectivity index (χ4n) is 3.73. The monoisotopic (exact) mass is 385 g/mol. The van der Waals surface area contributed by atoms with Crippen molar-refractivity contribution in [1.29, 1.82) is 0 Å². The Kier molecular flexibility index (Phi) is 4.52. The number of fused-ring (bicyclic) bond motifs is 1. The Bertz CT molecular complexity index is 955. The number of halogens is 1. The van der Waals surface area contributed by atoms with E-state index in [1.54, 1.807) is 12.1 Å². The van der Waals surface area contributed by atoms with E-state index in [0.717, 1.165) is 15.5 Å². The highest BCUT2D eigenvalue weighted by Gasteiger charge is 2.42. The fourth-order valence-corrected chi connectivity index (χ4v) is 3.73. The predicted octanol–water partition coefficient (Wildman–Crippen LogP) is 0.692. The summed E-state index contributed by atoms with van der Waals surface area (Å²) in [5, 5.41) is 11.2. The van der Waals surface area contributed by atoms with Gasteiger partial charge in [0, 0.05) is 11.8 Å². The molecular formula is C19H18FN4O4+. The minimum absolute atomic E-state index is 0.0866. The summed E-state index contributed by atoms with van der Waals surface area (Å²) in [4.78, 5) is 40.1. The van der Waals surface area contributed by atoms with Gasteiger partial charge in [-0.15, -0.1) is 0 Å². The number of piperazine rings is 1. The minimum atomic E-state index is -0.637. The number of benzene rings is 2. The van der Waals surface area contributed by atoms with Crippen molar-refractivity contribution in [1.82, 2.24) is 4.90 Å². The van der Waals surface area contributed by atoms with Crippen molar-refractivity contribution in [2.75, 3.05) is 37.7 Å². The highest BCUT2D eigenvalue weighted by atomic mass is 19.1. The van der Waals surface area contributed by atoms with Gasteiger partial charge in [-0.3, -0.25) is 19.7 Å². The number of nitrogens with one attached hydrogen (secondary N) is 1. The van der Waals surface area contributed by atoms with Crippen LogP contribution in [0, 0.1) is 15.9 Å². The van der Waals surface area contributed by atoms with Gasteiger partial charge in [0.2, 0.25) is 0 Å². The molecule has 0 aromatic heterocycles. The van der Waals surface area contributed by atoms with Crippen LogP contribution in [-0.4, -0.2) is 54.5 Å². The first-order valence-corrected chi connectivity index (χ1v) is 8.93. The van der Waals surface area contributed by atoms with Gasteiger partial charge in [0.1, 0.15) is 11.4 Å². The maximum absolute atomic E-state index is 13.1. The first-order valence-electron chi connectivity index (χ1n) is 8.93.